The van der Waals surface area contributed by atoms with Crippen LogP contribution in [-0.4, -0.2) is 24.4 Å². The lowest BCUT2D eigenvalue weighted by atomic mass is 10.0. The van der Waals surface area contributed by atoms with Gasteiger partial charge in [-0.2, -0.15) is 13.2 Å². The highest BCUT2D eigenvalue weighted by Crippen LogP contribution is 2.46. The minimum Gasteiger partial charge on any atom is -0.351 e. The first-order valence-electron chi connectivity index (χ1n) is 7.97. The molecule has 0 radical (unpaired) electrons. The molecule has 2 N–H and O–H groups in total. The summed E-state index contributed by atoms with van der Waals surface area (Å²) in [6.45, 7) is 3.47. The fourth-order valence-corrected chi connectivity index (χ4v) is 2.56. The third kappa shape index (κ3) is 4.49. The second kappa shape index (κ2) is 7.23. The van der Waals surface area contributed by atoms with Crippen molar-refractivity contribution in [3.05, 3.63) is 35.4 Å². The number of rotatable bonds is 6. The molecule has 7 heteroatoms. The van der Waals surface area contributed by atoms with Gasteiger partial charge in [0.05, 0.1) is 12.1 Å². The third-order valence-electron chi connectivity index (χ3n) is 4.29. The molecule has 4 nitrogen and oxygen atoms in total. The molecular formula is C17H21F3N2O2. The van der Waals surface area contributed by atoms with Crippen LogP contribution in [0.15, 0.2) is 24.3 Å². The van der Waals surface area contributed by atoms with Crippen LogP contribution < -0.4 is 10.6 Å². The Bertz CT molecular complexity index is 616. The molecule has 1 saturated carbocycles. The zero-order valence-electron chi connectivity index (χ0n) is 13.6. The maximum atomic E-state index is 13.0. The lowest BCUT2D eigenvalue weighted by molar-refractivity contribution is -0.138. The average molecular weight is 342 g/mol. The Morgan fingerprint density at radius 1 is 1.29 bits per heavy atom. The van der Waals surface area contributed by atoms with Crippen molar-refractivity contribution < 1.29 is 22.8 Å². The van der Waals surface area contributed by atoms with Gasteiger partial charge in [-0.15, -0.1) is 0 Å². The van der Waals surface area contributed by atoms with Crippen LogP contribution in [0.25, 0.3) is 0 Å². The van der Waals surface area contributed by atoms with Gasteiger partial charge in [0, 0.05) is 17.9 Å². The summed E-state index contributed by atoms with van der Waals surface area (Å²) in [4.78, 5) is 23.4. The smallest absolute Gasteiger partial charge is 0.351 e. The summed E-state index contributed by atoms with van der Waals surface area (Å²) in [7, 11) is 0. The highest BCUT2D eigenvalue weighted by atomic mass is 19.4. The van der Waals surface area contributed by atoms with Crippen molar-refractivity contribution in [1.82, 2.24) is 10.6 Å². The van der Waals surface area contributed by atoms with Crippen LogP contribution >= 0.6 is 0 Å². The molecule has 0 unspecified atom stereocenters. The number of nitrogens with one attached hydrogen (secondary N) is 2. The molecule has 0 bridgehead atoms. The molecule has 0 heterocycles. The molecule has 2 amide bonds. The van der Waals surface area contributed by atoms with E-state index >= 15 is 0 Å². The molecule has 0 saturated heterocycles. The maximum Gasteiger partial charge on any atom is 0.416 e. The lowest BCUT2D eigenvalue weighted by Crippen LogP contribution is -2.40. The fraction of sp³-hybridized carbons (Fsp3) is 0.529. The second-order valence-corrected chi connectivity index (χ2v) is 6.13. The minimum absolute atomic E-state index is 0.159. The normalized spacial score (nSPS) is 21.0. The van der Waals surface area contributed by atoms with Gasteiger partial charge >= 0.3 is 6.18 Å². The van der Waals surface area contributed by atoms with Gasteiger partial charge < -0.3 is 10.6 Å². The molecule has 1 aromatic carbocycles. The summed E-state index contributed by atoms with van der Waals surface area (Å²) in [5.74, 6) is -1.10. The summed E-state index contributed by atoms with van der Waals surface area (Å²) in [6, 6.07) is 5.10. The van der Waals surface area contributed by atoms with E-state index in [1.165, 1.54) is 12.1 Å². The number of hydrogen-bond donors (Lipinski definition) is 2. The van der Waals surface area contributed by atoms with Gasteiger partial charge in [0.1, 0.15) is 0 Å². The van der Waals surface area contributed by atoms with E-state index in [9.17, 15) is 22.8 Å². The van der Waals surface area contributed by atoms with E-state index in [-0.39, 0.29) is 41.8 Å². The molecule has 1 fully saturated rings. The zero-order valence-corrected chi connectivity index (χ0v) is 13.6. The van der Waals surface area contributed by atoms with Crippen LogP contribution in [0.5, 0.6) is 0 Å². The summed E-state index contributed by atoms with van der Waals surface area (Å²) >= 11 is 0. The van der Waals surface area contributed by atoms with Gasteiger partial charge in [-0.05, 0) is 24.5 Å². The first-order valence-corrected chi connectivity index (χ1v) is 7.97. The van der Waals surface area contributed by atoms with Crippen molar-refractivity contribution in [3.8, 4) is 0 Å². The Labute approximate surface area is 138 Å². The molecule has 132 valence electrons. The van der Waals surface area contributed by atoms with Gasteiger partial charge in [0.2, 0.25) is 11.8 Å². The monoisotopic (exact) mass is 342 g/mol. The summed E-state index contributed by atoms with van der Waals surface area (Å²) < 4.78 is 39.0. The number of carbonyl (C=O) groups is 2. The van der Waals surface area contributed by atoms with Gasteiger partial charge in [0.25, 0.3) is 0 Å². The number of hydrogen-bond acceptors (Lipinski definition) is 2. The molecule has 1 aliphatic carbocycles. The van der Waals surface area contributed by atoms with E-state index in [0.29, 0.717) is 12.8 Å². The Morgan fingerprint density at radius 3 is 2.58 bits per heavy atom. The topological polar surface area (TPSA) is 58.2 Å². The Hall–Kier alpha value is -2.05. The van der Waals surface area contributed by atoms with Crippen LogP contribution in [0, 0.1) is 5.92 Å². The predicted molar refractivity (Wildman–Crippen MR) is 83.2 cm³/mol. The van der Waals surface area contributed by atoms with Crippen LogP contribution in [0.2, 0.25) is 0 Å². The molecule has 24 heavy (non-hydrogen) atoms. The first-order chi connectivity index (χ1) is 11.2. The van der Waals surface area contributed by atoms with E-state index < -0.39 is 11.7 Å². The number of carbonyl (C=O) groups excluding carboxylic acids is 2. The van der Waals surface area contributed by atoms with E-state index in [1.54, 1.807) is 13.0 Å². The lowest BCUT2D eigenvalue weighted by Gasteiger charge is -2.13. The zero-order chi connectivity index (χ0) is 17.9. The molecule has 1 aromatic rings. The second-order valence-electron chi connectivity index (χ2n) is 6.13. The average Bonchev–Trinajstić information content (AvgIpc) is 3.29. The fourth-order valence-electron chi connectivity index (χ4n) is 2.56. The molecule has 3 atom stereocenters. The van der Waals surface area contributed by atoms with Gasteiger partial charge in [-0.1, -0.05) is 32.0 Å². The third-order valence-corrected chi connectivity index (χ3v) is 4.29. The van der Waals surface area contributed by atoms with Crippen molar-refractivity contribution in [2.75, 3.05) is 6.54 Å². The molecule has 1 aliphatic rings. The Kier molecular flexibility index (Phi) is 5.51. The van der Waals surface area contributed by atoms with Crippen molar-refractivity contribution in [3.63, 3.8) is 0 Å². The number of halogens is 3. The minimum atomic E-state index is -4.40. The van der Waals surface area contributed by atoms with Crippen molar-refractivity contribution in [1.29, 1.82) is 0 Å². The van der Waals surface area contributed by atoms with Crippen LogP contribution in [-0.2, 0) is 15.8 Å². The van der Waals surface area contributed by atoms with E-state index in [2.05, 4.69) is 10.6 Å². The van der Waals surface area contributed by atoms with Crippen LogP contribution in [0.4, 0.5) is 13.2 Å². The van der Waals surface area contributed by atoms with E-state index in [4.69, 9.17) is 0 Å². The highest BCUT2D eigenvalue weighted by molar-refractivity contribution is 5.86. The predicted octanol–water partition coefficient (Wildman–Crippen LogP) is 2.84. The molecule has 0 spiro atoms. The number of benzene rings is 1. The van der Waals surface area contributed by atoms with E-state index in [0.717, 1.165) is 6.07 Å². The largest absolute Gasteiger partial charge is 0.416 e. The maximum absolute atomic E-state index is 13.0. The molecule has 0 aromatic heterocycles. The van der Waals surface area contributed by atoms with E-state index in [1.807, 2.05) is 6.92 Å². The quantitative estimate of drug-likeness (QED) is 0.835. The van der Waals surface area contributed by atoms with Crippen molar-refractivity contribution in [2.45, 2.75) is 44.8 Å². The van der Waals surface area contributed by atoms with Crippen LogP contribution in [0.1, 0.15) is 43.7 Å². The standard InChI is InChI=1S/C17H21F3N2O2/c1-3-10(2)16(24)21-9-15(23)22-14-8-12(14)11-6-4-5-7-13(11)17(18,19)20/h4-7,10,12,14H,3,8-9H2,1-2H3,(H,21,24)(H,22,23)/t10-,12-,14-/m0/s1. The SMILES string of the molecule is CC[C@H](C)C(=O)NCC(=O)N[C@H]1C[C@H]1c1ccccc1C(F)(F)F. The summed E-state index contributed by atoms with van der Waals surface area (Å²) in [5, 5.41) is 5.20. The Balaban J connectivity index is 1.88. The molecule has 2 rings (SSSR count). The number of alkyl halides is 3. The Morgan fingerprint density at radius 2 is 1.96 bits per heavy atom. The van der Waals surface area contributed by atoms with Crippen LogP contribution in [0.3, 0.4) is 0 Å². The molecular weight excluding hydrogens is 321 g/mol. The first kappa shape index (κ1) is 18.3. The highest BCUT2D eigenvalue weighted by Gasteiger charge is 2.44. The van der Waals surface area contributed by atoms with Gasteiger partial charge in [0.15, 0.2) is 0 Å². The van der Waals surface area contributed by atoms with Crippen molar-refractivity contribution in [2.24, 2.45) is 5.92 Å². The summed E-state index contributed by atoms with van der Waals surface area (Å²) in [6.07, 6.45) is -3.26. The van der Waals surface area contributed by atoms with Gasteiger partial charge in [-0.3, -0.25) is 9.59 Å². The summed E-state index contributed by atoms with van der Waals surface area (Å²) in [5.41, 5.74) is -0.448. The molecule has 0 aliphatic heterocycles. The van der Waals surface area contributed by atoms with Crippen molar-refractivity contribution >= 4 is 11.8 Å². The van der Waals surface area contributed by atoms with Gasteiger partial charge in [-0.25, -0.2) is 0 Å². The number of amides is 2.